The van der Waals surface area contributed by atoms with Crippen molar-refractivity contribution in [1.29, 1.82) is 0 Å². The van der Waals surface area contributed by atoms with E-state index in [1.807, 2.05) is 0 Å². The van der Waals surface area contributed by atoms with Gasteiger partial charge < -0.3 is 4.90 Å². The molecule has 0 aliphatic heterocycles. The third-order valence-electron chi connectivity index (χ3n) is 4.50. The molecule has 19 heavy (non-hydrogen) atoms. The van der Waals surface area contributed by atoms with Gasteiger partial charge >= 0.3 is 0 Å². The van der Waals surface area contributed by atoms with Crippen molar-refractivity contribution in [2.45, 2.75) is 58.4 Å². The van der Waals surface area contributed by atoms with Gasteiger partial charge in [0.05, 0.1) is 0 Å². The van der Waals surface area contributed by atoms with Gasteiger partial charge in [-0.1, -0.05) is 31.9 Å². The Balaban J connectivity index is 2.12. The van der Waals surface area contributed by atoms with E-state index in [0.29, 0.717) is 11.2 Å². The van der Waals surface area contributed by atoms with Crippen molar-refractivity contribution in [3.05, 3.63) is 17.0 Å². The molecule has 0 amide bonds. The van der Waals surface area contributed by atoms with E-state index in [9.17, 15) is 0 Å². The molecule has 1 aromatic rings. The zero-order valence-electron chi connectivity index (χ0n) is 12.2. The van der Waals surface area contributed by atoms with Crippen LogP contribution in [0, 0.1) is 5.92 Å². The molecular weight excluding hydrogens is 258 g/mol. The molecule has 1 fully saturated rings. The van der Waals surface area contributed by atoms with Gasteiger partial charge in [0.25, 0.3) is 0 Å². The summed E-state index contributed by atoms with van der Waals surface area (Å²) in [6, 6.07) is 0.596. The first-order valence-corrected chi connectivity index (χ1v) is 7.77. The van der Waals surface area contributed by atoms with Gasteiger partial charge in [0.15, 0.2) is 0 Å². The number of hydrogen-bond acceptors (Lipinski definition) is 3. The molecule has 1 aliphatic rings. The largest absolute Gasteiger partial charge is 0.356 e. The van der Waals surface area contributed by atoms with Crippen LogP contribution in [0.3, 0.4) is 0 Å². The number of nitrogens with zero attached hydrogens (tertiary/aromatic N) is 3. The van der Waals surface area contributed by atoms with Crippen molar-refractivity contribution in [2.24, 2.45) is 5.92 Å². The van der Waals surface area contributed by atoms with E-state index in [1.54, 1.807) is 6.33 Å². The fourth-order valence-electron chi connectivity index (χ4n) is 3.10. The highest BCUT2D eigenvalue weighted by Crippen LogP contribution is 2.32. The molecule has 4 heteroatoms. The van der Waals surface area contributed by atoms with Crippen molar-refractivity contribution in [2.75, 3.05) is 11.9 Å². The lowest BCUT2D eigenvalue weighted by Crippen LogP contribution is -2.36. The summed E-state index contributed by atoms with van der Waals surface area (Å²) in [5.41, 5.74) is 1.07. The summed E-state index contributed by atoms with van der Waals surface area (Å²) in [5.74, 6) is 1.94. The summed E-state index contributed by atoms with van der Waals surface area (Å²) in [6.45, 7) is 4.41. The van der Waals surface area contributed by atoms with Crippen molar-refractivity contribution < 1.29 is 0 Å². The van der Waals surface area contributed by atoms with Crippen LogP contribution in [0.5, 0.6) is 0 Å². The topological polar surface area (TPSA) is 29.0 Å². The monoisotopic (exact) mass is 281 g/mol. The zero-order valence-corrected chi connectivity index (χ0v) is 13.0. The molecule has 1 aliphatic carbocycles. The lowest BCUT2D eigenvalue weighted by molar-refractivity contribution is 0.312. The highest BCUT2D eigenvalue weighted by atomic mass is 35.5. The quantitative estimate of drug-likeness (QED) is 0.778. The van der Waals surface area contributed by atoms with Crippen LogP contribution >= 0.6 is 11.6 Å². The molecule has 1 saturated carbocycles. The normalized spacial score (nSPS) is 23.4. The van der Waals surface area contributed by atoms with E-state index in [4.69, 9.17) is 11.6 Å². The number of halogens is 1. The van der Waals surface area contributed by atoms with E-state index in [0.717, 1.165) is 23.7 Å². The fraction of sp³-hybridized carbons (Fsp3) is 0.733. The summed E-state index contributed by atoms with van der Waals surface area (Å²) in [6.07, 6.45) is 8.97. The molecule has 106 valence electrons. The van der Waals surface area contributed by atoms with Gasteiger partial charge in [-0.15, -0.1) is 0 Å². The number of hydrogen-bond donors (Lipinski definition) is 0. The van der Waals surface area contributed by atoms with E-state index < -0.39 is 0 Å². The molecule has 0 bridgehead atoms. The molecule has 0 N–H and O–H groups in total. The Bertz CT molecular complexity index is 414. The second-order valence-electron chi connectivity index (χ2n) is 5.51. The fourth-order valence-corrected chi connectivity index (χ4v) is 3.37. The zero-order chi connectivity index (χ0) is 13.8. The molecule has 2 rings (SSSR count). The van der Waals surface area contributed by atoms with Crippen LogP contribution in [-0.2, 0) is 6.42 Å². The predicted octanol–water partition coefficient (Wildman–Crippen LogP) is 4.10. The third-order valence-corrected chi connectivity index (χ3v) is 4.82. The molecule has 0 saturated heterocycles. The predicted molar refractivity (Wildman–Crippen MR) is 80.9 cm³/mol. The maximum atomic E-state index is 6.18. The van der Waals surface area contributed by atoms with Gasteiger partial charge in [0, 0.05) is 18.7 Å². The average Bonchev–Trinajstić information content (AvgIpc) is 2.46. The first-order valence-electron chi connectivity index (χ1n) is 7.39. The minimum atomic E-state index is 0.596. The molecule has 1 aromatic heterocycles. The van der Waals surface area contributed by atoms with E-state index in [-0.39, 0.29) is 0 Å². The average molecular weight is 282 g/mol. The maximum Gasteiger partial charge on any atom is 0.137 e. The van der Waals surface area contributed by atoms with Gasteiger partial charge in [0.2, 0.25) is 0 Å². The molecule has 0 atom stereocenters. The summed E-state index contributed by atoms with van der Waals surface area (Å²) < 4.78 is 0. The molecule has 0 unspecified atom stereocenters. The highest BCUT2D eigenvalue weighted by molar-refractivity contribution is 6.30. The minimum absolute atomic E-state index is 0.596. The summed E-state index contributed by atoms with van der Waals surface area (Å²) >= 11 is 6.18. The van der Waals surface area contributed by atoms with Gasteiger partial charge in [0.1, 0.15) is 17.3 Å². The molecule has 3 nitrogen and oxygen atoms in total. The van der Waals surface area contributed by atoms with Crippen molar-refractivity contribution in [1.82, 2.24) is 9.97 Å². The molecule has 0 aromatic carbocycles. The first-order chi connectivity index (χ1) is 9.17. The van der Waals surface area contributed by atoms with Crippen LogP contribution in [0.15, 0.2) is 6.33 Å². The van der Waals surface area contributed by atoms with Crippen LogP contribution in [0.25, 0.3) is 0 Å². The lowest BCUT2D eigenvalue weighted by atomic mass is 9.84. The van der Waals surface area contributed by atoms with Crippen LogP contribution in [0.2, 0.25) is 5.15 Å². The molecule has 0 spiro atoms. The van der Waals surface area contributed by atoms with Crippen LogP contribution < -0.4 is 4.90 Å². The standard InChI is InChI=1S/C15H24ClN3/c1-4-11-6-8-12(9-7-11)19(3)15-13(5-2)14(16)17-10-18-15/h10-12H,4-9H2,1-3H3. The van der Waals surface area contributed by atoms with Crippen molar-refractivity contribution >= 4 is 17.4 Å². The van der Waals surface area contributed by atoms with Gasteiger partial charge in [-0.05, 0) is 38.0 Å². The van der Waals surface area contributed by atoms with E-state index in [2.05, 4.69) is 35.8 Å². The van der Waals surface area contributed by atoms with Crippen LogP contribution in [0.4, 0.5) is 5.82 Å². The van der Waals surface area contributed by atoms with Gasteiger partial charge in [-0.25, -0.2) is 9.97 Å². The number of rotatable bonds is 4. The lowest BCUT2D eigenvalue weighted by Gasteiger charge is -2.35. The Kier molecular flexibility index (Phi) is 5.03. The Hall–Kier alpha value is -0.830. The Labute approximate surface area is 121 Å². The highest BCUT2D eigenvalue weighted by Gasteiger charge is 2.25. The molecule has 1 heterocycles. The maximum absolute atomic E-state index is 6.18. The molecule has 0 radical (unpaired) electrons. The number of anilines is 1. The number of aromatic nitrogens is 2. The molecular formula is C15H24ClN3. The van der Waals surface area contributed by atoms with Crippen molar-refractivity contribution in [3.63, 3.8) is 0 Å². The smallest absolute Gasteiger partial charge is 0.137 e. The Morgan fingerprint density at radius 2 is 1.89 bits per heavy atom. The summed E-state index contributed by atoms with van der Waals surface area (Å²) in [4.78, 5) is 10.9. The third kappa shape index (κ3) is 3.19. The Morgan fingerprint density at radius 1 is 1.21 bits per heavy atom. The van der Waals surface area contributed by atoms with Gasteiger partial charge in [-0.3, -0.25) is 0 Å². The van der Waals surface area contributed by atoms with E-state index >= 15 is 0 Å². The van der Waals surface area contributed by atoms with Crippen LogP contribution in [-0.4, -0.2) is 23.1 Å². The first kappa shape index (κ1) is 14.6. The van der Waals surface area contributed by atoms with Crippen molar-refractivity contribution in [3.8, 4) is 0 Å². The van der Waals surface area contributed by atoms with E-state index in [1.165, 1.54) is 32.1 Å². The van der Waals surface area contributed by atoms with Gasteiger partial charge in [-0.2, -0.15) is 0 Å². The second kappa shape index (κ2) is 6.56. The summed E-state index contributed by atoms with van der Waals surface area (Å²) in [5, 5.41) is 0.599. The second-order valence-corrected chi connectivity index (χ2v) is 5.87. The Morgan fingerprint density at radius 3 is 2.47 bits per heavy atom. The minimum Gasteiger partial charge on any atom is -0.356 e. The summed E-state index contributed by atoms with van der Waals surface area (Å²) in [7, 11) is 2.15. The SMILES string of the molecule is CCc1c(Cl)ncnc1N(C)C1CCC(CC)CC1. The van der Waals surface area contributed by atoms with Crippen LogP contribution in [0.1, 0.15) is 51.5 Å².